The Kier molecular flexibility index (Phi) is 8.84. The molecular weight excluding hydrogens is 503 g/mol. The number of carbonyl (C=O) groups excluding carboxylic acids is 2. The quantitative estimate of drug-likeness (QED) is 0.314. The van der Waals surface area contributed by atoms with Crippen molar-refractivity contribution in [2.24, 2.45) is 0 Å². The summed E-state index contributed by atoms with van der Waals surface area (Å²) in [5.74, 6) is -0.335. The summed E-state index contributed by atoms with van der Waals surface area (Å²) in [6.07, 6.45) is 1.44. The summed E-state index contributed by atoms with van der Waals surface area (Å²) in [6, 6.07) is 16.8. The van der Waals surface area contributed by atoms with Crippen molar-refractivity contribution in [3.8, 4) is 0 Å². The number of carbonyl (C=O) groups is 2. The van der Waals surface area contributed by atoms with Gasteiger partial charge in [0.2, 0.25) is 5.91 Å². The highest BCUT2D eigenvalue weighted by atomic mass is 35.5. The highest BCUT2D eigenvalue weighted by Crippen LogP contribution is 2.37. The first-order valence-electron chi connectivity index (χ1n) is 11.7. The number of nitrogens with zero attached hydrogens (tertiary/aromatic N) is 2. The average Bonchev–Trinajstić information content (AvgIpc) is 3.36. The summed E-state index contributed by atoms with van der Waals surface area (Å²) in [6.45, 7) is 4.05. The zero-order valence-corrected chi connectivity index (χ0v) is 21.9. The van der Waals surface area contributed by atoms with Crippen LogP contribution in [0.25, 0.3) is 0 Å². The Hall–Kier alpha value is -2.38. The summed E-state index contributed by atoms with van der Waals surface area (Å²) in [7, 11) is 0. The molecule has 0 saturated heterocycles. The van der Waals surface area contributed by atoms with Crippen molar-refractivity contribution in [3.05, 3.63) is 91.6 Å². The fourth-order valence-corrected chi connectivity index (χ4v) is 5.60. The van der Waals surface area contributed by atoms with Gasteiger partial charge in [-0.1, -0.05) is 53.5 Å². The van der Waals surface area contributed by atoms with Crippen molar-refractivity contribution < 1.29 is 14.3 Å². The second-order valence-corrected chi connectivity index (χ2v) is 10.2. The number of ether oxygens (including phenoxy) is 1. The molecule has 0 spiro atoms. The molecule has 8 heteroatoms. The van der Waals surface area contributed by atoms with E-state index < -0.39 is 0 Å². The monoisotopic (exact) mass is 530 g/mol. The third-order valence-corrected chi connectivity index (χ3v) is 7.84. The largest absolute Gasteiger partial charge is 0.382 e. The van der Waals surface area contributed by atoms with Gasteiger partial charge in [0, 0.05) is 36.7 Å². The number of benzene rings is 2. The van der Waals surface area contributed by atoms with Gasteiger partial charge in [-0.25, -0.2) is 0 Å². The molecule has 3 aromatic rings. The van der Waals surface area contributed by atoms with Crippen LogP contribution in [0.2, 0.25) is 10.0 Å². The Labute approximate surface area is 220 Å². The molecule has 1 aliphatic rings. The molecule has 2 amide bonds. The van der Waals surface area contributed by atoms with E-state index in [1.54, 1.807) is 34.4 Å². The van der Waals surface area contributed by atoms with E-state index in [0.29, 0.717) is 48.3 Å². The summed E-state index contributed by atoms with van der Waals surface area (Å²) in [4.78, 5) is 31.9. The molecule has 2 aromatic carbocycles. The van der Waals surface area contributed by atoms with Crippen LogP contribution in [-0.2, 0) is 16.0 Å². The molecule has 0 N–H and O–H groups in total. The van der Waals surface area contributed by atoms with E-state index in [1.165, 1.54) is 10.4 Å². The summed E-state index contributed by atoms with van der Waals surface area (Å²) >= 11 is 13.9. The van der Waals surface area contributed by atoms with Crippen molar-refractivity contribution in [1.29, 1.82) is 0 Å². The van der Waals surface area contributed by atoms with Crippen molar-refractivity contribution >= 4 is 46.4 Å². The molecule has 0 bridgehead atoms. The maximum absolute atomic E-state index is 13.7. The minimum absolute atomic E-state index is 0.0198. The van der Waals surface area contributed by atoms with E-state index >= 15 is 0 Å². The molecule has 1 atom stereocenters. The lowest BCUT2D eigenvalue weighted by Crippen LogP contribution is -2.47. The molecule has 0 aliphatic carbocycles. The van der Waals surface area contributed by atoms with E-state index in [9.17, 15) is 9.59 Å². The van der Waals surface area contributed by atoms with Crippen LogP contribution >= 0.6 is 34.5 Å². The Morgan fingerprint density at radius 2 is 1.91 bits per heavy atom. The Bertz CT molecular complexity index is 1170. The standard InChI is InChI=1S/C27H28Cl2N2O3S/c1-2-34-15-6-13-30(27(33)20-9-10-22(28)23(29)17-20)18-25(32)31-14-11-24-21(12-16-35-24)26(31)19-7-4-3-5-8-19/h3-5,7-10,12,16-17,26H,2,6,11,13-15,18H2,1H3. The van der Waals surface area contributed by atoms with Gasteiger partial charge in [0.1, 0.15) is 6.54 Å². The lowest BCUT2D eigenvalue weighted by atomic mass is 9.93. The normalized spacial score (nSPS) is 15.1. The van der Waals surface area contributed by atoms with Crippen molar-refractivity contribution in [2.75, 3.05) is 32.8 Å². The molecular formula is C27H28Cl2N2O3S. The summed E-state index contributed by atoms with van der Waals surface area (Å²) < 4.78 is 5.46. The smallest absolute Gasteiger partial charge is 0.254 e. The van der Waals surface area contributed by atoms with Crippen LogP contribution in [0, 0.1) is 0 Å². The zero-order chi connectivity index (χ0) is 24.8. The maximum atomic E-state index is 13.7. The van der Waals surface area contributed by atoms with E-state index in [2.05, 4.69) is 23.6 Å². The van der Waals surface area contributed by atoms with Crippen LogP contribution in [0.3, 0.4) is 0 Å². The molecule has 0 fully saturated rings. The summed E-state index contributed by atoms with van der Waals surface area (Å²) in [5, 5.41) is 2.78. The number of hydrogen-bond donors (Lipinski definition) is 0. The predicted molar refractivity (Wildman–Crippen MR) is 141 cm³/mol. The van der Waals surface area contributed by atoms with Crippen LogP contribution in [0.5, 0.6) is 0 Å². The topological polar surface area (TPSA) is 49.9 Å². The lowest BCUT2D eigenvalue weighted by Gasteiger charge is -2.37. The van der Waals surface area contributed by atoms with Crippen LogP contribution in [0.15, 0.2) is 60.0 Å². The molecule has 5 nitrogen and oxygen atoms in total. The van der Waals surface area contributed by atoms with Gasteiger partial charge in [0.15, 0.2) is 0 Å². The van der Waals surface area contributed by atoms with E-state index in [4.69, 9.17) is 27.9 Å². The van der Waals surface area contributed by atoms with Gasteiger partial charge in [0.05, 0.1) is 16.1 Å². The first-order chi connectivity index (χ1) is 17.0. The number of amides is 2. The van der Waals surface area contributed by atoms with E-state index in [1.807, 2.05) is 30.0 Å². The SMILES string of the molecule is CCOCCCN(CC(=O)N1CCc2sccc2C1c1ccccc1)C(=O)c1ccc(Cl)c(Cl)c1. The second kappa shape index (κ2) is 12.0. The van der Waals surface area contributed by atoms with E-state index in [0.717, 1.165) is 12.0 Å². The highest BCUT2D eigenvalue weighted by Gasteiger charge is 2.34. The first-order valence-corrected chi connectivity index (χ1v) is 13.4. The minimum atomic E-state index is -0.252. The maximum Gasteiger partial charge on any atom is 0.254 e. The van der Waals surface area contributed by atoms with Gasteiger partial charge >= 0.3 is 0 Å². The second-order valence-electron chi connectivity index (χ2n) is 8.36. The fraction of sp³-hybridized carbons (Fsp3) is 0.333. The molecule has 2 heterocycles. The molecule has 1 aliphatic heterocycles. The van der Waals surface area contributed by atoms with Gasteiger partial charge in [-0.3, -0.25) is 9.59 Å². The Balaban J connectivity index is 1.58. The predicted octanol–water partition coefficient (Wildman–Crippen LogP) is 6.10. The number of hydrogen-bond acceptors (Lipinski definition) is 4. The minimum Gasteiger partial charge on any atom is -0.382 e. The van der Waals surface area contributed by atoms with E-state index in [-0.39, 0.29) is 24.4 Å². The number of rotatable bonds is 9. The van der Waals surface area contributed by atoms with Gasteiger partial charge < -0.3 is 14.5 Å². The first kappa shape index (κ1) is 25.7. The Morgan fingerprint density at radius 3 is 2.66 bits per heavy atom. The molecule has 0 saturated carbocycles. The molecule has 1 aromatic heterocycles. The van der Waals surface area contributed by atoms with Gasteiger partial charge in [-0.15, -0.1) is 11.3 Å². The van der Waals surface area contributed by atoms with Crippen LogP contribution in [0.4, 0.5) is 0 Å². The zero-order valence-electron chi connectivity index (χ0n) is 19.6. The number of fused-ring (bicyclic) bond motifs is 1. The number of halogens is 2. The van der Waals surface area contributed by atoms with Gasteiger partial charge in [-0.05, 0) is 60.5 Å². The van der Waals surface area contributed by atoms with Gasteiger partial charge in [0.25, 0.3) is 5.91 Å². The molecule has 1 unspecified atom stereocenters. The van der Waals surface area contributed by atoms with Gasteiger partial charge in [-0.2, -0.15) is 0 Å². The third kappa shape index (κ3) is 6.07. The van der Waals surface area contributed by atoms with Crippen molar-refractivity contribution in [3.63, 3.8) is 0 Å². The molecule has 0 radical (unpaired) electrons. The highest BCUT2D eigenvalue weighted by molar-refractivity contribution is 7.10. The third-order valence-electron chi connectivity index (χ3n) is 6.10. The van der Waals surface area contributed by atoms with Crippen molar-refractivity contribution in [1.82, 2.24) is 9.80 Å². The van der Waals surface area contributed by atoms with Crippen molar-refractivity contribution in [2.45, 2.75) is 25.8 Å². The molecule has 35 heavy (non-hydrogen) atoms. The Morgan fingerprint density at radius 1 is 1.11 bits per heavy atom. The lowest BCUT2D eigenvalue weighted by molar-refractivity contribution is -0.134. The molecule has 184 valence electrons. The van der Waals surface area contributed by atoms with Crippen LogP contribution < -0.4 is 0 Å². The summed E-state index contributed by atoms with van der Waals surface area (Å²) in [5.41, 5.74) is 2.64. The van der Waals surface area contributed by atoms with Crippen LogP contribution in [0.1, 0.15) is 45.7 Å². The number of thiophene rings is 1. The fourth-order valence-electron chi connectivity index (χ4n) is 4.40. The molecule has 4 rings (SSSR count). The average molecular weight is 532 g/mol. The van der Waals surface area contributed by atoms with Crippen LogP contribution in [-0.4, -0.2) is 54.5 Å².